The predicted octanol–water partition coefficient (Wildman–Crippen LogP) is 5.61. The van der Waals surface area contributed by atoms with Crippen LogP contribution in [-0.4, -0.2) is 17.6 Å². The first-order valence-electron chi connectivity index (χ1n) is 10.1. The summed E-state index contributed by atoms with van der Waals surface area (Å²) in [5.74, 6) is 0.571. The van der Waals surface area contributed by atoms with Gasteiger partial charge in [0.15, 0.2) is 0 Å². The van der Waals surface area contributed by atoms with Gasteiger partial charge in [0.05, 0.1) is 12.3 Å². The molecule has 3 aromatic carbocycles. The monoisotopic (exact) mass is 389 g/mol. The van der Waals surface area contributed by atoms with Gasteiger partial charge in [0.2, 0.25) is 0 Å². The van der Waals surface area contributed by atoms with E-state index in [1.807, 2.05) is 19.1 Å². The summed E-state index contributed by atoms with van der Waals surface area (Å²) in [5, 5.41) is 12.9. The summed E-state index contributed by atoms with van der Waals surface area (Å²) in [4.78, 5) is 12.5. The molecule has 0 bridgehead atoms. The van der Waals surface area contributed by atoms with E-state index in [0.717, 1.165) is 37.0 Å². The Kier molecular flexibility index (Phi) is 7.28. The molecule has 150 valence electrons. The smallest absolute Gasteiger partial charge is 0.255 e. The highest BCUT2D eigenvalue weighted by molar-refractivity contribution is 6.05. The van der Waals surface area contributed by atoms with Crippen molar-refractivity contribution < 1.29 is 14.6 Å². The standard InChI is InChI=1S/C25H27NO3/c1-2-20-12-8-13-23(27)24(20)26-25(28)21-14-16-22(17-15-21)29-18-7-6-11-19-9-4-3-5-10-19/h3-5,8-10,12-17,27H,2,6-7,11,18H2,1H3,(H,26,28). The highest BCUT2D eigenvalue weighted by Crippen LogP contribution is 2.28. The van der Waals surface area contributed by atoms with Crippen molar-refractivity contribution in [1.29, 1.82) is 0 Å². The molecular formula is C25H27NO3. The fourth-order valence-corrected chi connectivity index (χ4v) is 3.18. The maximum absolute atomic E-state index is 12.5. The van der Waals surface area contributed by atoms with Gasteiger partial charge in [-0.1, -0.05) is 49.4 Å². The number of carbonyl (C=O) groups is 1. The molecular weight excluding hydrogens is 362 g/mol. The van der Waals surface area contributed by atoms with Crippen LogP contribution in [0.2, 0.25) is 0 Å². The third kappa shape index (κ3) is 5.85. The van der Waals surface area contributed by atoms with E-state index in [4.69, 9.17) is 4.74 Å². The van der Waals surface area contributed by atoms with Crippen LogP contribution in [0.3, 0.4) is 0 Å². The third-order valence-electron chi connectivity index (χ3n) is 4.84. The van der Waals surface area contributed by atoms with Crippen LogP contribution in [0.25, 0.3) is 0 Å². The molecule has 0 aliphatic rings. The Bertz CT molecular complexity index is 921. The number of carbonyl (C=O) groups excluding carboxylic acids is 1. The van der Waals surface area contributed by atoms with Crippen molar-refractivity contribution >= 4 is 11.6 Å². The SMILES string of the molecule is CCc1cccc(O)c1NC(=O)c1ccc(OCCCCc2ccccc2)cc1. The van der Waals surface area contributed by atoms with Gasteiger partial charge in [0.1, 0.15) is 11.5 Å². The number of ether oxygens (including phenoxy) is 1. The molecule has 3 rings (SSSR count). The molecule has 0 saturated heterocycles. The second kappa shape index (κ2) is 10.3. The van der Waals surface area contributed by atoms with Crippen molar-refractivity contribution in [2.75, 3.05) is 11.9 Å². The molecule has 0 aliphatic heterocycles. The minimum atomic E-state index is -0.254. The van der Waals surface area contributed by atoms with E-state index in [0.29, 0.717) is 17.9 Å². The number of aryl methyl sites for hydroxylation is 2. The average Bonchev–Trinajstić information content (AvgIpc) is 2.76. The fourth-order valence-electron chi connectivity index (χ4n) is 3.18. The molecule has 2 N–H and O–H groups in total. The number of para-hydroxylation sites is 1. The van der Waals surface area contributed by atoms with Crippen LogP contribution in [0.1, 0.15) is 41.3 Å². The first-order valence-corrected chi connectivity index (χ1v) is 10.1. The number of phenols is 1. The number of unbranched alkanes of at least 4 members (excludes halogenated alkanes) is 1. The number of phenolic OH excluding ortho intramolecular Hbond substituents is 1. The first-order chi connectivity index (χ1) is 14.2. The molecule has 1 amide bonds. The van der Waals surface area contributed by atoms with Crippen molar-refractivity contribution in [2.24, 2.45) is 0 Å². The number of benzene rings is 3. The van der Waals surface area contributed by atoms with Crippen LogP contribution in [0.4, 0.5) is 5.69 Å². The molecule has 0 fully saturated rings. The van der Waals surface area contributed by atoms with Crippen molar-refractivity contribution in [3.63, 3.8) is 0 Å². The van der Waals surface area contributed by atoms with Gasteiger partial charge in [0, 0.05) is 5.56 Å². The Hall–Kier alpha value is -3.27. The molecule has 0 unspecified atom stereocenters. The number of aromatic hydroxyl groups is 1. The first kappa shape index (κ1) is 20.5. The Morgan fingerprint density at radius 1 is 0.931 bits per heavy atom. The van der Waals surface area contributed by atoms with E-state index >= 15 is 0 Å². The second-order valence-electron chi connectivity index (χ2n) is 6.93. The van der Waals surface area contributed by atoms with Crippen molar-refractivity contribution in [1.82, 2.24) is 0 Å². The van der Waals surface area contributed by atoms with Crippen LogP contribution in [0.5, 0.6) is 11.5 Å². The van der Waals surface area contributed by atoms with Gasteiger partial charge in [0.25, 0.3) is 5.91 Å². The number of anilines is 1. The molecule has 0 spiro atoms. The quantitative estimate of drug-likeness (QED) is 0.369. The lowest BCUT2D eigenvalue weighted by Crippen LogP contribution is -2.13. The molecule has 0 saturated carbocycles. The predicted molar refractivity (Wildman–Crippen MR) is 117 cm³/mol. The number of hydrogen-bond acceptors (Lipinski definition) is 3. The van der Waals surface area contributed by atoms with E-state index in [2.05, 4.69) is 29.6 Å². The van der Waals surface area contributed by atoms with Crippen LogP contribution in [0.15, 0.2) is 72.8 Å². The topological polar surface area (TPSA) is 58.6 Å². The summed E-state index contributed by atoms with van der Waals surface area (Å²) >= 11 is 0. The van der Waals surface area contributed by atoms with Gasteiger partial charge in [-0.3, -0.25) is 4.79 Å². The van der Waals surface area contributed by atoms with Gasteiger partial charge in [-0.2, -0.15) is 0 Å². The van der Waals surface area contributed by atoms with Crippen molar-refractivity contribution in [2.45, 2.75) is 32.6 Å². The van der Waals surface area contributed by atoms with Crippen LogP contribution in [0, 0.1) is 0 Å². The summed E-state index contributed by atoms with van der Waals surface area (Å²) in [7, 11) is 0. The molecule has 0 heterocycles. The zero-order chi connectivity index (χ0) is 20.5. The summed E-state index contributed by atoms with van der Waals surface area (Å²) in [6, 6.07) is 22.8. The Labute approximate surface area is 172 Å². The van der Waals surface area contributed by atoms with Gasteiger partial charge in [-0.15, -0.1) is 0 Å². The zero-order valence-corrected chi connectivity index (χ0v) is 16.7. The van der Waals surface area contributed by atoms with Crippen molar-refractivity contribution in [3.8, 4) is 11.5 Å². The van der Waals surface area contributed by atoms with E-state index in [-0.39, 0.29) is 11.7 Å². The Morgan fingerprint density at radius 3 is 2.41 bits per heavy atom. The normalized spacial score (nSPS) is 10.5. The molecule has 4 nitrogen and oxygen atoms in total. The van der Waals surface area contributed by atoms with Gasteiger partial charge >= 0.3 is 0 Å². The Morgan fingerprint density at radius 2 is 1.69 bits per heavy atom. The fraction of sp³-hybridized carbons (Fsp3) is 0.240. The number of amides is 1. The average molecular weight is 389 g/mol. The summed E-state index contributed by atoms with van der Waals surface area (Å²) in [5.41, 5.74) is 3.23. The number of rotatable bonds is 9. The van der Waals surface area contributed by atoms with Gasteiger partial charge < -0.3 is 15.2 Å². The van der Waals surface area contributed by atoms with Gasteiger partial charge in [-0.05, 0) is 67.1 Å². The van der Waals surface area contributed by atoms with E-state index in [1.165, 1.54) is 5.56 Å². The molecule has 0 atom stereocenters. The maximum atomic E-state index is 12.5. The number of nitrogens with one attached hydrogen (secondary N) is 1. The molecule has 3 aromatic rings. The Balaban J connectivity index is 1.48. The zero-order valence-electron chi connectivity index (χ0n) is 16.7. The van der Waals surface area contributed by atoms with E-state index in [9.17, 15) is 9.90 Å². The van der Waals surface area contributed by atoms with Gasteiger partial charge in [-0.25, -0.2) is 0 Å². The highest BCUT2D eigenvalue weighted by atomic mass is 16.5. The van der Waals surface area contributed by atoms with E-state index in [1.54, 1.807) is 36.4 Å². The minimum Gasteiger partial charge on any atom is -0.506 e. The number of hydrogen-bond donors (Lipinski definition) is 2. The maximum Gasteiger partial charge on any atom is 0.255 e. The van der Waals surface area contributed by atoms with Crippen LogP contribution in [-0.2, 0) is 12.8 Å². The summed E-state index contributed by atoms with van der Waals surface area (Å²) in [6.07, 6.45) is 3.82. The largest absolute Gasteiger partial charge is 0.506 e. The molecule has 0 radical (unpaired) electrons. The van der Waals surface area contributed by atoms with Crippen LogP contribution >= 0.6 is 0 Å². The lowest BCUT2D eigenvalue weighted by molar-refractivity contribution is 0.102. The lowest BCUT2D eigenvalue weighted by Gasteiger charge is -2.12. The summed E-state index contributed by atoms with van der Waals surface area (Å²) < 4.78 is 5.78. The molecule has 0 aromatic heterocycles. The summed E-state index contributed by atoms with van der Waals surface area (Å²) in [6.45, 7) is 2.63. The molecule has 0 aliphatic carbocycles. The van der Waals surface area contributed by atoms with Crippen molar-refractivity contribution in [3.05, 3.63) is 89.5 Å². The lowest BCUT2D eigenvalue weighted by atomic mass is 10.1. The second-order valence-corrected chi connectivity index (χ2v) is 6.93. The van der Waals surface area contributed by atoms with Crippen LogP contribution < -0.4 is 10.1 Å². The molecule has 29 heavy (non-hydrogen) atoms. The molecule has 4 heteroatoms. The third-order valence-corrected chi connectivity index (χ3v) is 4.84. The van der Waals surface area contributed by atoms with E-state index < -0.39 is 0 Å². The highest BCUT2D eigenvalue weighted by Gasteiger charge is 2.12. The minimum absolute atomic E-state index is 0.0770.